The summed E-state index contributed by atoms with van der Waals surface area (Å²) in [5, 5.41) is 10.7. The Balaban J connectivity index is 1.98. The van der Waals surface area contributed by atoms with Gasteiger partial charge in [0.05, 0.1) is 11.3 Å². The molecular weight excluding hydrogens is 312 g/mol. The SMILES string of the molecule is N#Cc1ccc(-c2ccccc2)nc1Sc1ccc(Cl)cc1. The third-order valence-electron chi connectivity index (χ3n) is 3.08. The summed E-state index contributed by atoms with van der Waals surface area (Å²) in [5.74, 6) is 0. The average molecular weight is 323 g/mol. The second kappa shape index (κ2) is 6.65. The van der Waals surface area contributed by atoms with Crippen LogP contribution in [0.25, 0.3) is 11.3 Å². The van der Waals surface area contributed by atoms with Crippen molar-refractivity contribution >= 4 is 23.4 Å². The number of nitriles is 1. The zero-order chi connectivity index (χ0) is 15.4. The Kier molecular flexibility index (Phi) is 4.43. The Morgan fingerprint density at radius 3 is 2.32 bits per heavy atom. The van der Waals surface area contributed by atoms with Gasteiger partial charge in [-0.3, -0.25) is 0 Å². The molecule has 0 saturated heterocycles. The molecule has 0 bridgehead atoms. The molecule has 0 unspecified atom stereocenters. The molecule has 1 heterocycles. The van der Waals surface area contributed by atoms with Crippen LogP contribution in [0.15, 0.2) is 76.7 Å². The van der Waals surface area contributed by atoms with Gasteiger partial charge in [0.2, 0.25) is 0 Å². The van der Waals surface area contributed by atoms with Crippen LogP contribution >= 0.6 is 23.4 Å². The quantitative estimate of drug-likeness (QED) is 0.645. The highest BCUT2D eigenvalue weighted by Crippen LogP contribution is 2.31. The maximum atomic E-state index is 9.28. The molecule has 0 N–H and O–H groups in total. The Morgan fingerprint density at radius 2 is 1.64 bits per heavy atom. The van der Waals surface area contributed by atoms with E-state index < -0.39 is 0 Å². The zero-order valence-corrected chi connectivity index (χ0v) is 13.1. The molecule has 0 aliphatic heterocycles. The second-order valence-corrected chi connectivity index (χ2v) is 6.08. The lowest BCUT2D eigenvalue weighted by molar-refractivity contribution is 1.11. The van der Waals surface area contributed by atoms with E-state index in [1.165, 1.54) is 11.8 Å². The van der Waals surface area contributed by atoms with E-state index in [-0.39, 0.29) is 0 Å². The maximum absolute atomic E-state index is 9.28. The molecule has 0 aliphatic carbocycles. The third kappa shape index (κ3) is 3.30. The predicted molar refractivity (Wildman–Crippen MR) is 90.0 cm³/mol. The molecule has 0 spiro atoms. The van der Waals surface area contributed by atoms with Crippen LogP contribution in [0.3, 0.4) is 0 Å². The highest BCUT2D eigenvalue weighted by molar-refractivity contribution is 7.99. The van der Waals surface area contributed by atoms with E-state index in [1.807, 2.05) is 66.7 Å². The molecule has 0 amide bonds. The second-order valence-electron chi connectivity index (χ2n) is 4.58. The van der Waals surface area contributed by atoms with Gasteiger partial charge < -0.3 is 0 Å². The lowest BCUT2D eigenvalue weighted by atomic mass is 10.1. The average Bonchev–Trinajstić information content (AvgIpc) is 2.58. The van der Waals surface area contributed by atoms with E-state index in [9.17, 15) is 5.26 Å². The number of nitrogens with zero attached hydrogens (tertiary/aromatic N) is 2. The molecule has 4 heteroatoms. The fourth-order valence-electron chi connectivity index (χ4n) is 1.99. The van der Waals surface area contributed by atoms with Crippen molar-refractivity contribution in [1.82, 2.24) is 4.98 Å². The highest BCUT2D eigenvalue weighted by Gasteiger charge is 2.09. The summed E-state index contributed by atoms with van der Waals surface area (Å²) in [6, 6.07) is 23.3. The van der Waals surface area contributed by atoms with Gasteiger partial charge in [0, 0.05) is 15.5 Å². The van der Waals surface area contributed by atoms with Crippen LogP contribution in [0.1, 0.15) is 5.56 Å². The summed E-state index contributed by atoms with van der Waals surface area (Å²) in [6.07, 6.45) is 0. The molecule has 22 heavy (non-hydrogen) atoms. The maximum Gasteiger partial charge on any atom is 0.119 e. The number of pyridine rings is 1. The summed E-state index contributed by atoms with van der Waals surface area (Å²) in [5.41, 5.74) is 2.46. The van der Waals surface area contributed by atoms with Gasteiger partial charge in [0.25, 0.3) is 0 Å². The molecule has 1 aromatic heterocycles. The number of halogens is 1. The molecule has 106 valence electrons. The van der Waals surface area contributed by atoms with Crippen molar-refractivity contribution in [3.8, 4) is 17.3 Å². The van der Waals surface area contributed by atoms with Crippen LogP contribution in [0.4, 0.5) is 0 Å². The van der Waals surface area contributed by atoms with Crippen LogP contribution < -0.4 is 0 Å². The fourth-order valence-corrected chi connectivity index (χ4v) is 2.98. The van der Waals surface area contributed by atoms with Crippen molar-refractivity contribution in [3.05, 3.63) is 77.3 Å². The first kappa shape index (κ1) is 14.6. The van der Waals surface area contributed by atoms with Crippen LogP contribution in [-0.4, -0.2) is 4.98 Å². The topological polar surface area (TPSA) is 36.7 Å². The predicted octanol–water partition coefficient (Wildman–Crippen LogP) is 5.42. The van der Waals surface area contributed by atoms with Crippen LogP contribution in [0.5, 0.6) is 0 Å². The Bertz CT molecular complexity index is 824. The number of aromatic nitrogens is 1. The Hall–Kier alpha value is -2.28. The van der Waals surface area contributed by atoms with Gasteiger partial charge in [-0.25, -0.2) is 4.98 Å². The van der Waals surface area contributed by atoms with Gasteiger partial charge in [0.15, 0.2) is 0 Å². The molecule has 3 rings (SSSR count). The van der Waals surface area contributed by atoms with E-state index in [0.29, 0.717) is 15.6 Å². The van der Waals surface area contributed by atoms with Crippen molar-refractivity contribution in [2.24, 2.45) is 0 Å². The van der Waals surface area contributed by atoms with Gasteiger partial charge in [0.1, 0.15) is 11.1 Å². The minimum atomic E-state index is 0.569. The summed E-state index contributed by atoms with van der Waals surface area (Å²) >= 11 is 7.37. The van der Waals surface area contributed by atoms with Crippen molar-refractivity contribution < 1.29 is 0 Å². The monoisotopic (exact) mass is 322 g/mol. The molecule has 0 atom stereocenters. The molecule has 0 fully saturated rings. The van der Waals surface area contributed by atoms with Crippen LogP contribution in [0, 0.1) is 11.3 Å². The molecule has 0 saturated carbocycles. The molecule has 2 aromatic carbocycles. The van der Waals surface area contributed by atoms with Gasteiger partial charge in [-0.15, -0.1) is 0 Å². The fraction of sp³-hybridized carbons (Fsp3) is 0. The number of benzene rings is 2. The zero-order valence-electron chi connectivity index (χ0n) is 11.5. The molecule has 0 radical (unpaired) electrons. The number of rotatable bonds is 3. The first-order valence-electron chi connectivity index (χ1n) is 6.66. The minimum Gasteiger partial charge on any atom is -0.240 e. The molecule has 2 nitrogen and oxygen atoms in total. The van der Waals surface area contributed by atoms with Crippen LogP contribution in [-0.2, 0) is 0 Å². The van der Waals surface area contributed by atoms with E-state index in [0.717, 1.165) is 16.2 Å². The van der Waals surface area contributed by atoms with E-state index >= 15 is 0 Å². The normalized spacial score (nSPS) is 10.2. The van der Waals surface area contributed by atoms with Crippen LogP contribution in [0.2, 0.25) is 5.02 Å². The largest absolute Gasteiger partial charge is 0.240 e. The van der Waals surface area contributed by atoms with Gasteiger partial charge in [-0.2, -0.15) is 5.26 Å². The first-order chi connectivity index (χ1) is 10.8. The first-order valence-corrected chi connectivity index (χ1v) is 7.86. The Morgan fingerprint density at radius 1 is 0.909 bits per heavy atom. The van der Waals surface area contributed by atoms with Gasteiger partial charge in [-0.1, -0.05) is 53.7 Å². The van der Waals surface area contributed by atoms with Gasteiger partial charge >= 0.3 is 0 Å². The summed E-state index contributed by atoms with van der Waals surface area (Å²) in [7, 11) is 0. The molecule has 3 aromatic rings. The summed E-state index contributed by atoms with van der Waals surface area (Å²) in [4.78, 5) is 5.64. The lowest BCUT2D eigenvalue weighted by Gasteiger charge is -2.07. The molecular formula is C18H11ClN2S. The van der Waals surface area contributed by atoms with Crippen molar-refractivity contribution in [2.45, 2.75) is 9.92 Å². The molecule has 0 aliphatic rings. The van der Waals surface area contributed by atoms with E-state index in [1.54, 1.807) is 0 Å². The Labute approximate surface area is 138 Å². The van der Waals surface area contributed by atoms with E-state index in [2.05, 4.69) is 11.1 Å². The number of hydrogen-bond donors (Lipinski definition) is 0. The van der Waals surface area contributed by atoms with Crippen molar-refractivity contribution in [2.75, 3.05) is 0 Å². The van der Waals surface area contributed by atoms with Gasteiger partial charge in [-0.05, 0) is 36.4 Å². The summed E-state index contributed by atoms with van der Waals surface area (Å²) in [6.45, 7) is 0. The minimum absolute atomic E-state index is 0.569. The van der Waals surface area contributed by atoms with Crippen molar-refractivity contribution in [3.63, 3.8) is 0 Å². The third-order valence-corrected chi connectivity index (χ3v) is 4.34. The van der Waals surface area contributed by atoms with E-state index in [4.69, 9.17) is 11.6 Å². The smallest absolute Gasteiger partial charge is 0.119 e. The lowest BCUT2D eigenvalue weighted by Crippen LogP contribution is -1.90. The highest BCUT2D eigenvalue weighted by atomic mass is 35.5. The number of hydrogen-bond acceptors (Lipinski definition) is 3. The standard InChI is InChI=1S/C18H11ClN2S/c19-15-7-9-16(10-8-15)22-18-14(12-20)6-11-17(21-18)13-4-2-1-3-5-13/h1-11H. The summed E-state index contributed by atoms with van der Waals surface area (Å²) < 4.78 is 0. The van der Waals surface area contributed by atoms with Crippen molar-refractivity contribution in [1.29, 1.82) is 5.26 Å².